The number of rotatable bonds is 5. The largest absolute Gasteiger partial charge is 0.348 e. The number of hydrogen-bond donors (Lipinski definition) is 0. The minimum atomic E-state index is -0.189. The SMILES string of the molecule is CCCSCc1ccc(C2OCC(C)(C)CO2)cc1. The zero-order valence-corrected chi connectivity index (χ0v) is 13.0. The van der Waals surface area contributed by atoms with Gasteiger partial charge in [0.25, 0.3) is 0 Å². The molecule has 0 spiro atoms. The third-order valence-corrected chi connectivity index (χ3v) is 4.35. The van der Waals surface area contributed by atoms with Gasteiger partial charge in [-0.1, -0.05) is 45.0 Å². The van der Waals surface area contributed by atoms with Gasteiger partial charge in [-0.25, -0.2) is 0 Å². The lowest BCUT2D eigenvalue weighted by atomic mass is 9.95. The summed E-state index contributed by atoms with van der Waals surface area (Å²) in [5.41, 5.74) is 2.63. The molecule has 1 aliphatic heterocycles. The van der Waals surface area contributed by atoms with Gasteiger partial charge in [-0.15, -0.1) is 0 Å². The molecule has 0 N–H and O–H groups in total. The highest BCUT2D eigenvalue weighted by molar-refractivity contribution is 7.98. The molecule has 1 aromatic rings. The van der Waals surface area contributed by atoms with Crippen molar-refractivity contribution in [3.05, 3.63) is 35.4 Å². The van der Waals surface area contributed by atoms with Crippen molar-refractivity contribution in [3.8, 4) is 0 Å². The average Bonchev–Trinajstić information content (AvgIpc) is 2.40. The summed E-state index contributed by atoms with van der Waals surface area (Å²) in [5, 5.41) is 0. The third kappa shape index (κ3) is 4.51. The molecule has 2 nitrogen and oxygen atoms in total. The van der Waals surface area contributed by atoms with Crippen molar-refractivity contribution in [2.45, 2.75) is 39.2 Å². The van der Waals surface area contributed by atoms with E-state index in [1.165, 1.54) is 17.7 Å². The van der Waals surface area contributed by atoms with Gasteiger partial charge in [-0.2, -0.15) is 11.8 Å². The Labute approximate surface area is 120 Å². The Balaban J connectivity index is 1.88. The van der Waals surface area contributed by atoms with Crippen LogP contribution in [0.2, 0.25) is 0 Å². The van der Waals surface area contributed by atoms with Crippen molar-refractivity contribution in [1.82, 2.24) is 0 Å². The maximum Gasteiger partial charge on any atom is 0.183 e. The van der Waals surface area contributed by atoms with Crippen LogP contribution in [0, 0.1) is 5.41 Å². The topological polar surface area (TPSA) is 18.5 Å². The molecule has 0 unspecified atom stereocenters. The lowest BCUT2D eigenvalue weighted by molar-refractivity contribution is -0.226. The fourth-order valence-corrected chi connectivity index (χ4v) is 2.85. The van der Waals surface area contributed by atoms with Crippen molar-refractivity contribution >= 4 is 11.8 Å². The molecule has 106 valence electrons. The van der Waals surface area contributed by atoms with Crippen LogP contribution in [0.25, 0.3) is 0 Å². The van der Waals surface area contributed by atoms with Gasteiger partial charge in [-0.3, -0.25) is 0 Å². The first-order chi connectivity index (χ1) is 9.11. The van der Waals surface area contributed by atoms with E-state index < -0.39 is 0 Å². The Morgan fingerprint density at radius 1 is 1.16 bits per heavy atom. The highest BCUT2D eigenvalue weighted by Crippen LogP contribution is 2.31. The van der Waals surface area contributed by atoms with Gasteiger partial charge < -0.3 is 9.47 Å². The first-order valence-electron chi connectivity index (χ1n) is 7.00. The maximum absolute atomic E-state index is 5.79. The summed E-state index contributed by atoms with van der Waals surface area (Å²) in [5.74, 6) is 2.32. The van der Waals surface area contributed by atoms with Gasteiger partial charge in [0.05, 0.1) is 13.2 Å². The second-order valence-electron chi connectivity index (χ2n) is 5.91. The van der Waals surface area contributed by atoms with Gasteiger partial charge >= 0.3 is 0 Å². The van der Waals surface area contributed by atoms with E-state index in [-0.39, 0.29) is 11.7 Å². The highest BCUT2D eigenvalue weighted by Gasteiger charge is 2.28. The molecule has 2 rings (SSSR count). The monoisotopic (exact) mass is 280 g/mol. The zero-order chi connectivity index (χ0) is 13.7. The van der Waals surface area contributed by atoms with Crippen LogP contribution >= 0.6 is 11.8 Å². The summed E-state index contributed by atoms with van der Waals surface area (Å²) in [6.45, 7) is 8.06. The van der Waals surface area contributed by atoms with Crippen LogP contribution in [0.5, 0.6) is 0 Å². The molecule has 0 amide bonds. The summed E-state index contributed by atoms with van der Waals surface area (Å²) in [6.07, 6.45) is 1.05. The molecular formula is C16H24O2S. The minimum Gasteiger partial charge on any atom is -0.348 e. The van der Waals surface area contributed by atoms with Crippen LogP contribution in [-0.4, -0.2) is 19.0 Å². The first kappa shape index (κ1) is 14.9. The molecule has 1 saturated heterocycles. The smallest absolute Gasteiger partial charge is 0.183 e. The van der Waals surface area contributed by atoms with E-state index in [1.807, 2.05) is 11.8 Å². The van der Waals surface area contributed by atoms with Crippen molar-refractivity contribution in [2.24, 2.45) is 5.41 Å². The van der Waals surface area contributed by atoms with Gasteiger partial charge in [0.2, 0.25) is 0 Å². The van der Waals surface area contributed by atoms with Crippen LogP contribution in [0.15, 0.2) is 24.3 Å². The van der Waals surface area contributed by atoms with Crippen LogP contribution in [0.1, 0.15) is 44.6 Å². The number of ether oxygens (including phenoxy) is 2. The van der Waals surface area contributed by atoms with E-state index in [9.17, 15) is 0 Å². The maximum atomic E-state index is 5.79. The molecule has 3 heteroatoms. The van der Waals surface area contributed by atoms with E-state index in [0.717, 1.165) is 24.5 Å². The number of hydrogen-bond acceptors (Lipinski definition) is 3. The number of benzene rings is 1. The fraction of sp³-hybridized carbons (Fsp3) is 0.625. The van der Waals surface area contributed by atoms with Gasteiger partial charge in [0, 0.05) is 16.7 Å². The van der Waals surface area contributed by atoms with Crippen LogP contribution in [0.4, 0.5) is 0 Å². The lowest BCUT2D eigenvalue weighted by Gasteiger charge is -2.34. The van der Waals surface area contributed by atoms with E-state index >= 15 is 0 Å². The molecule has 1 aromatic carbocycles. The van der Waals surface area contributed by atoms with Gasteiger partial charge in [0.1, 0.15) is 0 Å². The predicted molar refractivity (Wildman–Crippen MR) is 81.3 cm³/mol. The molecule has 1 heterocycles. The van der Waals surface area contributed by atoms with Crippen molar-refractivity contribution in [2.75, 3.05) is 19.0 Å². The summed E-state index contributed by atoms with van der Waals surface area (Å²) in [6, 6.07) is 8.63. The Morgan fingerprint density at radius 2 is 1.79 bits per heavy atom. The molecule has 1 aliphatic rings. The molecule has 0 radical (unpaired) electrons. The minimum absolute atomic E-state index is 0.132. The number of thioether (sulfide) groups is 1. The van der Waals surface area contributed by atoms with Crippen LogP contribution in [0.3, 0.4) is 0 Å². The van der Waals surface area contributed by atoms with E-state index in [4.69, 9.17) is 9.47 Å². The van der Waals surface area contributed by atoms with Crippen LogP contribution < -0.4 is 0 Å². The molecule has 0 bridgehead atoms. The Kier molecular flexibility index (Phi) is 5.31. The average molecular weight is 280 g/mol. The van der Waals surface area contributed by atoms with E-state index in [2.05, 4.69) is 45.0 Å². The van der Waals surface area contributed by atoms with Crippen molar-refractivity contribution in [3.63, 3.8) is 0 Å². The van der Waals surface area contributed by atoms with Crippen LogP contribution in [-0.2, 0) is 15.2 Å². The molecule has 0 aliphatic carbocycles. The summed E-state index contributed by atoms with van der Waals surface area (Å²) >= 11 is 1.99. The normalized spacial score (nSPS) is 19.5. The Bertz CT molecular complexity index is 376. The fourth-order valence-electron chi connectivity index (χ4n) is 1.99. The highest BCUT2D eigenvalue weighted by atomic mass is 32.2. The van der Waals surface area contributed by atoms with Gasteiger partial charge in [-0.05, 0) is 17.7 Å². The summed E-state index contributed by atoms with van der Waals surface area (Å²) in [4.78, 5) is 0. The van der Waals surface area contributed by atoms with Crippen molar-refractivity contribution in [1.29, 1.82) is 0 Å². The van der Waals surface area contributed by atoms with E-state index in [0.29, 0.717) is 0 Å². The Morgan fingerprint density at radius 3 is 2.37 bits per heavy atom. The predicted octanol–water partition coefficient (Wildman–Crippen LogP) is 4.40. The zero-order valence-electron chi connectivity index (χ0n) is 12.1. The standard InChI is InChI=1S/C16H24O2S/c1-4-9-19-10-13-5-7-14(8-6-13)15-17-11-16(2,3)12-18-15/h5-8,15H,4,9-12H2,1-3H3. The van der Waals surface area contributed by atoms with Gasteiger partial charge in [0.15, 0.2) is 6.29 Å². The van der Waals surface area contributed by atoms with E-state index in [1.54, 1.807) is 0 Å². The first-order valence-corrected chi connectivity index (χ1v) is 8.16. The second-order valence-corrected chi connectivity index (χ2v) is 7.02. The summed E-state index contributed by atoms with van der Waals surface area (Å²) < 4.78 is 11.6. The molecule has 1 fully saturated rings. The van der Waals surface area contributed by atoms with Crippen molar-refractivity contribution < 1.29 is 9.47 Å². The second kappa shape index (κ2) is 6.78. The Hall–Kier alpha value is -0.510. The third-order valence-electron chi connectivity index (χ3n) is 3.12. The molecule has 0 aromatic heterocycles. The lowest BCUT2D eigenvalue weighted by Crippen LogP contribution is -2.33. The quantitative estimate of drug-likeness (QED) is 0.745. The molecular weight excluding hydrogens is 256 g/mol. The molecule has 0 atom stereocenters. The molecule has 19 heavy (non-hydrogen) atoms. The summed E-state index contributed by atoms with van der Waals surface area (Å²) in [7, 11) is 0. The molecule has 0 saturated carbocycles.